The normalized spacial score (nSPS) is 12.6. The summed E-state index contributed by atoms with van der Waals surface area (Å²) in [6.07, 6.45) is 1.95. The van der Waals surface area contributed by atoms with Gasteiger partial charge in [-0.25, -0.2) is 0 Å². The molecule has 1 N–H and O–H groups in total. The third-order valence-corrected chi connectivity index (χ3v) is 2.06. The molecule has 0 aromatic rings. The number of thioether (sulfide) groups is 1. The van der Waals surface area contributed by atoms with Gasteiger partial charge in [-0.3, -0.25) is 4.79 Å². The average Bonchev–Trinajstić information content (AvgIpc) is 1.88. The van der Waals surface area contributed by atoms with Gasteiger partial charge in [0.15, 0.2) is 0 Å². The van der Waals surface area contributed by atoms with Gasteiger partial charge in [0.1, 0.15) is 0 Å². The number of rotatable bonds is 4. The lowest BCUT2D eigenvalue weighted by molar-refractivity contribution is -0.107. The standard InChI is InChI=1S/C7H12O2S/c1-3-7(9)10-6(2)4-5-8/h3,6,8H,1,4-5H2,2H3. The van der Waals surface area contributed by atoms with Gasteiger partial charge in [0.2, 0.25) is 5.12 Å². The zero-order valence-corrected chi connectivity index (χ0v) is 6.86. The van der Waals surface area contributed by atoms with Crippen LogP contribution in [0.5, 0.6) is 0 Å². The Morgan fingerprint density at radius 1 is 1.90 bits per heavy atom. The zero-order chi connectivity index (χ0) is 7.98. The molecule has 0 bridgehead atoms. The quantitative estimate of drug-likeness (QED) is 0.628. The molecule has 0 aliphatic carbocycles. The number of carbonyl (C=O) groups is 1. The van der Waals surface area contributed by atoms with E-state index in [9.17, 15) is 4.79 Å². The van der Waals surface area contributed by atoms with E-state index in [2.05, 4.69) is 6.58 Å². The minimum atomic E-state index is -0.0269. The van der Waals surface area contributed by atoms with Crippen LogP contribution in [-0.2, 0) is 4.79 Å². The van der Waals surface area contributed by atoms with Gasteiger partial charge in [0, 0.05) is 11.9 Å². The first-order chi connectivity index (χ1) is 4.70. The zero-order valence-electron chi connectivity index (χ0n) is 6.04. The minimum absolute atomic E-state index is 0.0269. The fraction of sp³-hybridized carbons (Fsp3) is 0.571. The van der Waals surface area contributed by atoms with Crippen LogP contribution in [0.4, 0.5) is 0 Å². The fourth-order valence-electron chi connectivity index (χ4n) is 0.487. The largest absolute Gasteiger partial charge is 0.396 e. The predicted molar refractivity (Wildman–Crippen MR) is 44.0 cm³/mol. The van der Waals surface area contributed by atoms with E-state index < -0.39 is 0 Å². The van der Waals surface area contributed by atoms with Gasteiger partial charge in [-0.15, -0.1) is 0 Å². The Kier molecular flexibility index (Phi) is 5.35. The molecule has 1 atom stereocenters. The van der Waals surface area contributed by atoms with Gasteiger partial charge < -0.3 is 5.11 Å². The molecule has 0 amide bonds. The van der Waals surface area contributed by atoms with Gasteiger partial charge in [-0.1, -0.05) is 25.3 Å². The number of aliphatic hydroxyl groups is 1. The van der Waals surface area contributed by atoms with E-state index in [1.165, 1.54) is 17.8 Å². The van der Waals surface area contributed by atoms with Crippen LogP contribution in [0.25, 0.3) is 0 Å². The molecule has 0 heterocycles. The SMILES string of the molecule is C=CC(=O)SC(C)CCO. The van der Waals surface area contributed by atoms with E-state index in [1.54, 1.807) is 0 Å². The van der Waals surface area contributed by atoms with Crippen LogP contribution in [-0.4, -0.2) is 22.1 Å². The molecule has 0 saturated heterocycles. The van der Waals surface area contributed by atoms with Crippen LogP contribution in [0.15, 0.2) is 12.7 Å². The molecule has 0 aliphatic heterocycles. The van der Waals surface area contributed by atoms with Gasteiger partial charge >= 0.3 is 0 Å². The highest BCUT2D eigenvalue weighted by molar-refractivity contribution is 8.14. The summed E-state index contributed by atoms with van der Waals surface area (Å²) in [6.45, 7) is 5.38. The van der Waals surface area contributed by atoms with Crippen molar-refractivity contribution in [2.24, 2.45) is 0 Å². The van der Waals surface area contributed by atoms with Crippen LogP contribution >= 0.6 is 11.8 Å². The monoisotopic (exact) mass is 160 g/mol. The number of aliphatic hydroxyl groups excluding tert-OH is 1. The molecule has 0 saturated carbocycles. The smallest absolute Gasteiger partial charge is 0.211 e. The number of hydrogen-bond acceptors (Lipinski definition) is 3. The van der Waals surface area contributed by atoms with Crippen molar-refractivity contribution in [1.29, 1.82) is 0 Å². The first kappa shape index (κ1) is 9.72. The van der Waals surface area contributed by atoms with Crippen molar-refractivity contribution in [2.45, 2.75) is 18.6 Å². The summed E-state index contributed by atoms with van der Waals surface area (Å²) in [5.41, 5.74) is 0. The molecule has 0 spiro atoms. The molecule has 58 valence electrons. The number of hydrogen-bond donors (Lipinski definition) is 1. The molecule has 0 aliphatic rings. The van der Waals surface area contributed by atoms with Gasteiger partial charge in [0.05, 0.1) is 0 Å². The van der Waals surface area contributed by atoms with Crippen molar-refractivity contribution in [3.8, 4) is 0 Å². The Morgan fingerprint density at radius 2 is 2.50 bits per heavy atom. The van der Waals surface area contributed by atoms with Gasteiger partial charge in [-0.05, 0) is 12.5 Å². The highest BCUT2D eigenvalue weighted by Gasteiger charge is 2.04. The van der Waals surface area contributed by atoms with Crippen molar-refractivity contribution in [1.82, 2.24) is 0 Å². The topological polar surface area (TPSA) is 37.3 Å². The molecule has 3 heteroatoms. The highest BCUT2D eigenvalue weighted by Crippen LogP contribution is 2.14. The molecule has 10 heavy (non-hydrogen) atoms. The average molecular weight is 160 g/mol. The summed E-state index contributed by atoms with van der Waals surface area (Å²) in [4.78, 5) is 10.7. The van der Waals surface area contributed by atoms with Crippen LogP contribution in [0.2, 0.25) is 0 Å². The summed E-state index contributed by atoms with van der Waals surface area (Å²) in [7, 11) is 0. The second-order valence-corrected chi connectivity index (χ2v) is 3.41. The third-order valence-electron chi connectivity index (χ3n) is 1.02. The predicted octanol–water partition coefficient (Wildman–Crippen LogP) is 1.20. The first-order valence-corrected chi connectivity index (χ1v) is 4.02. The lowest BCUT2D eigenvalue weighted by atomic mass is 10.3. The molecule has 1 unspecified atom stereocenters. The van der Waals surface area contributed by atoms with Crippen molar-refractivity contribution < 1.29 is 9.90 Å². The van der Waals surface area contributed by atoms with Crippen molar-refractivity contribution >= 4 is 16.9 Å². The maximum Gasteiger partial charge on any atom is 0.211 e. The Labute approximate surface area is 65.3 Å². The number of carbonyl (C=O) groups excluding carboxylic acids is 1. The Balaban J connectivity index is 3.46. The Morgan fingerprint density at radius 3 is 2.90 bits per heavy atom. The van der Waals surface area contributed by atoms with Crippen molar-refractivity contribution in [3.05, 3.63) is 12.7 Å². The molecular formula is C7H12O2S. The maximum absolute atomic E-state index is 10.7. The molecule has 0 aromatic carbocycles. The van der Waals surface area contributed by atoms with Crippen LogP contribution in [0.1, 0.15) is 13.3 Å². The van der Waals surface area contributed by atoms with E-state index in [-0.39, 0.29) is 17.0 Å². The molecule has 0 rings (SSSR count). The van der Waals surface area contributed by atoms with E-state index in [0.29, 0.717) is 6.42 Å². The van der Waals surface area contributed by atoms with Crippen molar-refractivity contribution in [3.63, 3.8) is 0 Å². The summed E-state index contributed by atoms with van der Waals surface area (Å²) in [5.74, 6) is 0. The van der Waals surface area contributed by atoms with E-state index in [0.717, 1.165) is 0 Å². The van der Waals surface area contributed by atoms with E-state index in [4.69, 9.17) is 5.11 Å². The highest BCUT2D eigenvalue weighted by atomic mass is 32.2. The Bertz CT molecular complexity index is 123. The lowest BCUT2D eigenvalue weighted by Crippen LogP contribution is -2.02. The molecular weight excluding hydrogens is 148 g/mol. The van der Waals surface area contributed by atoms with E-state index in [1.807, 2.05) is 6.92 Å². The minimum Gasteiger partial charge on any atom is -0.396 e. The third kappa shape index (κ3) is 4.58. The molecule has 0 aromatic heterocycles. The van der Waals surface area contributed by atoms with Crippen molar-refractivity contribution in [2.75, 3.05) is 6.61 Å². The van der Waals surface area contributed by atoms with E-state index >= 15 is 0 Å². The second-order valence-electron chi connectivity index (χ2n) is 1.96. The molecule has 0 fully saturated rings. The molecule has 2 nitrogen and oxygen atoms in total. The summed E-state index contributed by atoms with van der Waals surface area (Å²) in [6, 6.07) is 0. The van der Waals surface area contributed by atoms with Crippen LogP contribution in [0, 0.1) is 0 Å². The lowest BCUT2D eigenvalue weighted by Gasteiger charge is -2.04. The van der Waals surface area contributed by atoms with Crippen LogP contribution in [0.3, 0.4) is 0 Å². The van der Waals surface area contributed by atoms with Gasteiger partial charge in [0.25, 0.3) is 0 Å². The Hall–Kier alpha value is -0.280. The second kappa shape index (κ2) is 5.50. The summed E-state index contributed by atoms with van der Waals surface area (Å²) < 4.78 is 0. The summed E-state index contributed by atoms with van der Waals surface area (Å²) >= 11 is 1.21. The summed E-state index contributed by atoms with van der Waals surface area (Å²) in [5, 5.41) is 8.64. The maximum atomic E-state index is 10.7. The molecule has 0 radical (unpaired) electrons. The van der Waals surface area contributed by atoms with Gasteiger partial charge in [-0.2, -0.15) is 0 Å². The van der Waals surface area contributed by atoms with Crippen LogP contribution < -0.4 is 0 Å². The fourth-order valence-corrected chi connectivity index (χ4v) is 1.20. The first-order valence-electron chi connectivity index (χ1n) is 3.14.